The molecule has 0 saturated heterocycles. The molecule has 0 aliphatic carbocycles. The lowest BCUT2D eigenvalue weighted by molar-refractivity contribution is -0.382. The van der Waals surface area contributed by atoms with E-state index in [1.54, 1.807) is 0 Å². The highest BCUT2D eigenvalue weighted by molar-refractivity contribution is 8.03. The van der Waals surface area contributed by atoms with Crippen molar-refractivity contribution in [2.24, 2.45) is 5.41 Å². The van der Waals surface area contributed by atoms with E-state index in [0.717, 1.165) is 0 Å². The average Bonchev–Trinajstić information content (AvgIpc) is 2.51. The van der Waals surface area contributed by atoms with Crippen molar-refractivity contribution >= 4 is 27.1 Å². The first-order valence-corrected chi connectivity index (χ1v) is 11.8. The zero-order valence-corrected chi connectivity index (χ0v) is 18.7. The van der Waals surface area contributed by atoms with Gasteiger partial charge in [-0.2, -0.15) is 47.9 Å². The van der Waals surface area contributed by atoms with Crippen LogP contribution in [0.3, 0.4) is 0 Å². The molecule has 0 bridgehead atoms. The number of Topliss-reactive ketones (excluding diaryl/α,β-unsaturated/α-hetero) is 1. The van der Waals surface area contributed by atoms with Crippen LogP contribution in [0.5, 0.6) is 0 Å². The molecule has 1 atom stereocenters. The Morgan fingerprint density at radius 2 is 1.35 bits per heavy atom. The van der Waals surface area contributed by atoms with Gasteiger partial charge in [-0.15, -0.1) is 0 Å². The zero-order chi connectivity index (χ0) is 25.1. The van der Waals surface area contributed by atoms with Crippen molar-refractivity contribution in [3.05, 3.63) is 0 Å². The molecule has 1 unspecified atom stereocenters. The number of carbonyl (C=O) groups is 1. The van der Waals surface area contributed by atoms with Crippen LogP contribution < -0.4 is 0 Å². The summed E-state index contributed by atoms with van der Waals surface area (Å²) in [4.78, 5) is 12.0. The molecule has 0 aliphatic rings. The average molecular weight is 515 g/mol. The van der Waals surface area contributed by atoms with E-state index in [0.29, 0.717) is 19.3 Å². The van der Waals surface area contributed by atoms with Crippen molar-refractivity contribution in [2.45, 2.75) is 76.7 Å². The lowest BCUT2D eigenvalue weighted by Crippen LogP contribution is -2.63. The Morgan fingerprint density at radius 3 is 1.74 bits per heavy atom. The molecule has 0 heterocycles. The second kappa shape index (κ2) is 10.1. The molecule has 0 radical (unpaired) electrons. The van der Waals surface area contributed by atoms with Crippen molar-refractivity contribution in [1.29, 1.82) is 0 Å². The van der Waals surface area contributed by atoms with E-state index in [1.807, 2.05) is 6.92 Å². The van der Waals surface area contributed by atoms with Crippen LogP contribution in [0.25, 0.3) is 0 Å². The third-order valence-corrected chi connectivity index (χ3v) is 7.79. The van der Waals surface area contributed by atoms with Crippen LogP contribution in [0.4, 0.5) is 39.5 Å². The molecule has 31 heavy (non-hydrogen) atoms. The second-order valence-corrected chi connectivity index (χ2v) is 11.4. The lowest BCUT2D eigenvalue weighted by Gasteiger charge is -2.32. The minimum atomic E-state index is -7.38. The summed E-state index contributed by atoms with van der Waals surface area (Å²) in [5.41, 5.74) is -0.893. The molecule has 0 saturated carbocycles. The highest BCUT2D eigenvalue weighted by Gasteiger charge is 2.86. The van der Waals surface area contributed by atoms with Gasteiger partial charge in [-0.1, -0.05) is 40.5 Å². The van der Waals surface area contributed by atoms with E-state index in [9.17, 15) is 52.7 Å². The Bertz CT molecular complexity index is 714. The van der Waals surface area contributed by atoms with Crippen LogP contribution in [0, 0.1) is 5.41 Å². The second-order valence-electron chi connectivity index (χ2n) is 7.97. The predicted molar refractivity (Wildman–Crippen MR) is 96.6 cm³/mol. The van der Waals surface area contributed by atoms with E-state index in [2.05, 4.69) is 3.63 Å². The minimum Gasteiger partial charge on any atom is -0.294 e. The first kappa shape index (κ1) is 30.3. The summed E-state index contributed by atoms with van der Waals surface area (Å²) in [7, 11) is -7.01. The predicted octanol–water partition coefficient (Wildman–Crippen LogP) is 5.49. The van der Waals surface area contributed by atoms with Gasteiger partial charge in [0.2, 0.25) is 5.75 Å². The Hall–Kier alpha value is -0.700. The monoisotopic (exact) mass is 515 g/mol. The molecule has 15 heteroatoms. The molecular weight excluding hydrogens is 491 g/mol. The minimum absolute atomic E-state index is 0.108. The molecular formula is C16H24F9O4S2+. The maximum Gasteiger partial charge on any atom is 0.460 e. The summed E-state index contributed by atoms with van der Waals surface area (Å²) in [5, 5.41) is -6.94. The summed E-state index contributed by atoms with van der Waals surface area (Å²) >= 11 is -2.31. The van der Waals surface area contributed by atoms with Gasteiger partial charge in [0.05, 0.1) is 0 Å². The van der Waals surface area contributed by atoms with Crippen LogP contribution in [0.1, 0.15) is 53.4 Å². The van der Waals surface area contributed by atoms with Crippen LogP contribution in [-0.2, 0) is 29.7 Å². The Balaban J connectivity index is 5.92. The third kappa shape index (κ3) is 7.41. The fourth-order valence-corrected chi connectivity index (χ4v) is 5.85. The summed E-state index contributed by atoms with van der Waals surface area (Å²) in [6.45, 7) is 6.17. The van der Waals surface area contributed by atoms with Gasteiger partial charge in [-0.25, -0.2) is 0 Å². The molecule has 0 aromatic carbocycles. The Morgan fingerprint density at radius 1 is 0.871 bits per heavy atom. The van der Waals surface area contributed by atoms with Crippen LogP contribution in [0.15, 0.2) is 0 Å². The van der Waals surface area contributed by atoms with Gasteiger partial charge >= 0.3 is 33.4 Å². The van der Waals surface area contributed by atoms with E-state index in [-0.39, 0.29) is 6.42 Å². The zero-order valence-electron chi connectivity index (χ0n) is 17.1. The third-order valence-electron chi connectivity index (χ3n) is 3.59. The van der Waals surface area contributed by atoms with Crippen LogP contribution >= 0.6 is 0 Å². The fourth-order valence-electron chi connectivity index (χ4n) is 2.09. The molecule has 0 N–H and O–H groups in total. The van der Waals surface area contributed by atoms with Crippen LogP contribution in [-0.4, -0.2) is 49.0 Å². The van der Waals surface area contributed by atoms with Gasteiger partial charge in [0, 0.05) is 11.8 Å². The number of rotatable bonds is 12. The van der Waals surface area contributed by atoms with Gasteiger partial charge < -0.3 is 0 Å². The first-order valence-electron chi connectivity index (χ1n) is 8.87. The van der Waals surface area contributed by atoms with Gasteiger partial charge in [-0.05, 0) is 10.1 Å². The molecule has 0 fully saturated rings. The highest BCUT2D eigenvalue weighted by Crippen LogP contribution is 2.55. The first-order chi connectivity index (χ1) is 13.5. The van der Waals surface area contributed by atoms with Crippen molar-refractivity contribution in [3.63, 3.8) is 0 Å². The molecule has 4 nitrogen and oxygen atoms in total. The summed E-state index contributed by atoms with van der Waals surface area (Å²) in [6, 6.07) is 0. The van der Waals surface area contributed by atoms with Gasteiger partial charge in [0.25, 0.3) is 0 Å². The van der Waals surface area contributed by atoms with Crippen molar-refractivity contribution in [3.8, 4) is 0 Å². The largest absolute Gasteiger partial charge is 0.460 e. The lowest BCUT2D eigenvalue weighted by atomic mass is 10.0. The number of carbonyl (C=O) groups excluding carboxylic acids is 1. The molecule has 186 valence electrons. The van der Waals surface area contributed by atoms with Gasteiger partial charge in [-0.3, -0.25) is 4.79 Å². The van der Waals surface area contributed by atoms with Crippen molar-refractivity contribution < 1.29 is 56.4 Å². The number of unbranched alkanes of at least 4 members (excludes halogenated alkanes) is 2. The maximum atomic E-state index is 13.9. The molecule has 0 aromatic rings. The molecule has 0 spiro atoms. The SMILES string of the molecule is CCCCCC(=O)C[S+](CC(C)(C)C)OS(=O)(=O)C(F)(F)C(F)(F)C(F)(F)C(F)(F)F. The quantitative estimate of drug-likeness (QED) is 0.196. The summed E-state index contributed by atoms with van der Waals surface area (Å²) < 4.78 is 145. The maximum absolute atomic E-state index is 13.9. The number of ketones is 1. The number of alkyl halides is 9. The fraction of sp³-hybridized carbons (Fsp3) is 0.938. The van der Waals surface area contributed by atoms with E-state index >= 15 is 0 Å². The standard InChI is InChI=1S/C16H24F9O4S2/c1-5-6-7-8-11(26)9-30(10-12(2,3)4)29-31(27,28)16(24,25)14(19,20)13(17,18)15(21,22)23/h5-10H2,1-4H3/q+1. The van der Waals surface area contributed by atoms with E-state index in [4.69, 9.17) is 0 Å². The number of halogens is 9. The van der Waals surface area contributed by atoms with Crippen molar-refractivity contribution in [1.82, 2.24) is 0 Å². The Labute approximate surface area is 177 Å². The van der Waals surface area contributed by atoms with E-state index < -0.39 is 67.3 Å². The molecule has 0 amide bonds. The van der Waals surface area contributed by atoms with Gasteiger partial charge in [0.1, 0.15) is 5.75 Å². The number of hydrogen-bond acceptors (Lipinski definition) is 4. The van der Waals surface area contributed by atoms with Crippen LogP contribution in [0.2, 0.25) is 0 Å². The summed E-state index contributed by atoms with van der Waals surface area (Å²) in [6.07, 6.45) is -5.60. The number of hydrogen-bond donors (Lipinski definition) is 0. The molecule has 0 aromatic heterocycles. The van der Waals surface area contributed by atoms with E-state index in [1.165, 1.54) is 20.8 Å². The normalized spacial score (nSPS) is 15.8. The van der Waals surface area contributed by atoms with Gasteiger partial charge in [0.15, 0.2) is 17.0 Å². The summed E-state index contributed by atoms with van der Waals surface area (Å²) in [5.74, 6) is -16.7. The highest BCUT2D eigenvalue weighted by atomic mass is 32.3. The Kier molecular flexibility index (Phi) is 9.83. The molecule has 0 rings (SSSR count). The topological polar surface area (TPSA) is 60.4 Å². The molecule has 0 aliphatic heterocycles. The van der Waals surface area contributed by atoms with Crippen molar-refractivity contribution in [2.75, 3.05) is 11.5 Å². The smallest absolute Gasteiger partial charge is 0.294 e.